The number of hydrogen-bond donors (Lipinski definition) is 0. The van der Waals surface area contributed by atoms with E-state index >= 15 is 0 Å². The Morgan fingerprint density at radius 3 is 2.67 bits per heavy atom. The van der Waals surface area contributed by atoms with Gasteiger partial charge in [0.15, 0.2) is 11.3 Å². The molecule has 0 aliphatic carbocycles. The van der Waals surface area contributed by atoms with E-state index in [-0.39, 0.29) is 6.61 Å². The fraction of sp³-hybridized carbons (Fsp3) is 0.333. The number of carbonyl (C=O) groups excluding carboxylic acids is 1. The van der Waals surface area contributed by atoms with Gasteiger partial charge in [-0.2, -0.15) is 5.10 Å². The number of esters is 1. The number of rotatable bonds is 9. The molecule has 206 valence electrons. The van der Waals surface area contributed by atoms with E-state index in [9.17, 15) is 4.79 Å². The van der Waals surface area contributed by atoms with Crippen LogP contribution in [-0.4, -0.2) is 81.5 Å². The molecule has 0 atom stereocenters. The molecule has 1 aliphatic heterocycles. The lowest BCUT2D eigenvalue weighted by atomic mass is 10.1. The van der Waals surface area contributed by atoms with Crippen LogP contribution in [0.1, 0.15) is 23.0 Å². The molecule has 1 aromatic carbocycles. The van der Waals surface area contributed by atoms with Crippen molar-refractivity contribution in [2.24, 2.45) is 0 Å². The number of ether oxygens (including phenoxy) is 2. The van der Waals surface area contributed by atoms with Crippen LogP contribution >= 0.6 is 0 Å². The predicted octanol–water partition coefficient (Wildman–Crippen LogP) is 3.89. The fourth-order valence-electron chi connectivity index (χ4n) is 5.22. The summed E-state index contributed by atoms with van der Waals surface area (Å²) in [6.45, 7) is 7.86. The van der Waals surface area contributed by atoms with Crippen molar-refractivity contribution < 1.29 is 14.3 Å². The van der Waals surface area contributed by atoms with Gasteiger partial charge >= 0.3 is 5.97 Å². The van der Waals surface area contributed by atoms with Crippen molar-refractivity contribution in [3.05, 3.63) is 78.4 Å². The summed E-state index contributed by atoms with van der Waals surface area (Å²) in [6.07, 6.45) is 5.48. The van der Waals surface area contributed by atoms with Gasteiger partial charge in [0.2, 0.25) is 0 Å². The average Bonchev–Trinajstić information content (AvgIpc) is 3.59. The smallest absolute Gasteiger partial charge is 0.358 e. The first-order chi connectivity index (χ1) is 19.6. The summed E-state index contributed by atoms with van der Waals surface area (Å²) in [5.74, 6) is -0.453. The Labute approximate surface area is 232 Å². The van der Waals surface area contributed by atoms with Gasteiger partial charge in [0.1, 0.15) is 5.65 Å². The molecule has 5 heterocycles. The van der Waals surface area contributed by atoms with Crippen molar-refractivity contribution in [2.75, 3.05) is 51.4 Å². The second kappa shape index (κ2) is 11.4. The van der Waals surface area contributed by atoms with Crippen LogP contribution in [-0.2, 0) is 22.6 Å². The number of pyridine rings is 1. The molecule has 40 heavy (non-hydrogen) atoms. The summed E-state index contributed by atoms with van der Waals surface area (Å²) in [7, 11) is 2.03. The number of benzene rings is 1. The molecule has 0 spiro atoms. The minimum Gasteiger partial charge on any atom is -0.461 e. The Bertz CT molecular complexity index is 1620. The molecule has 0 saturated carbocycles. The quantitative estimate of drug-likeness (QED) is 0.261. The Morgan fingerprint density at radius 2 is 1.88 bits per heavy atom. The largest absolute Gasteiger partial charge is 0.461 e. The minimum atomic E-state index is -0.453. The van der Waals surface area contributed by atoms with E-state index in [1.165, 1.54) is 11.8 Å². The zero-order chi connectivity index (χ0) is 27.5. The molecule has 0 amide bonds. The minimum absolute atomic E-state index is 0.273. The van der Waals surface area contributed by atoms with E-state index in [0.717, 1.165) is 67.4 Å². The fourth-order valence-corrected chi connectivity index (χ4v) is 5.22. The van der Waals surface area contributed by atoms with E-state index in [4.69, 9.17) is 19.6 Å². The number of fused-ring (bicyclic) bond motifs is 2. The van der Waals surface area contributed by atoms with Crippen molar-refractivity contribution in [2.45, 2.75) is 20.0 Å². The molecule has 0 unspecified atom stereocenters. The van der Waals surface area contributed by atoms with Gasteiger partial charge in [0.05, 0.1) is 37.4 Å². The number of morpholine rings is 1. The number of aromatic nitrogens is 5. The summed E-state index contributed by atoms with van der Waals surface area (Å²) in [4.78, 5) is 26.7. The lowest BCUT2D eigenvalue weighted by Gasteiger charge is -2.26. The van der Waals surface area contributed by atoms with Gasteiger partial charge in [0, 0.05) is 63.1 Å². The molecular formula is C30H33N7O3. The Balaban J connectivity index is 1.44. The van der Waals surface area contributed by atoms with E-state index in [2.05, 4.69) is 43.7 Å². The lowest BCUT2D eigenvalue weighted by molar-refractivity contribution is 0.0365. The van der Waals surface area contributed by atoms with Gasteiger partial charge in [-0.25, -0.2) is 19.3 Å². The van der Waals surface area contributed by atoms with Crippen LogP contribution in [0.3, 0.4) is 0 Å². The summed E-state index contributed by atoms with van der Waals surface area (Å²) in [5.41, 5.74) is 5.51. The van der Waals surface area contributed by atoms with Crippen LogP contribution < -0.4 is 4.90 Å². The summed E-state index contributed by atoms with van der Waals surface area (Å²) in [5, 5.41) is 5.94. The lowest BCUT2D eigenvalue weighted by Crippen LogP contribution is -2.38. The highest BCUT2D eigenvalue weighted by Crippen LogP contribution is 2.33. The molecule has 1 saturated heterocycles. The van der Waals surface area contributed by atoms with Crippen molar-refractivity contribution in [1.82, 2.24) is 29.0 Å². The molecule has 1 fully saturated rings. The Hall–Kier alpha value is -4.28. The zero-order valence-electron chi connectivity index (χ0n) is 22.9. The third-order valence-corrected chi connectivity index (χ3v) is 7.28. The van der Waals surface area contributed by atoms with E-state index < -0.39 is 5.97 Å². The molecule has 0 bridgehead atoms. The predicted molar refractivity (Wildman–Crippen MR) is 153 cm³/mol. The summed E-state index contributed by atoms with van der Waals surface area (Å²) < 4.78 is 14.6. The normalized spacial score (nSPS) is 14.2. The SMILES string of the molecule is CCOC(=O)c1cnc2c(N(C)Cc3ccccc3)cc(-c3cn(CCN4CCOCC4)c4ncccc34)nn12. The highest BCUT2D eigenvalue weighted by Gasteiger charge is 2.22. The second-order valence-electron chi connectivity index (χ2n) is 9.92. The van der Waals surface area contributed by atoms with Gasteiger partial charge in [-0.05, 0) is 30.7 Å². The van der Waals surface area contributed by atoms with Crippen LogP contribution in [0.4, 0.5) is 5.69 Å². The maximum atomic E-state index is 12.8. The number of carbonyl (C=O) groups is 1. The van der Waals surface area contributed by atoms with Gasteiger partial charge in [-0.1, -0.05) is 30.3 Å². The maximum absolute atomic E-state index is 12.8. The molecule has 1 aliphatic rings. The van der Waals surface area contributed by atoms with Crippen molar-refractivity contribution in [3.8, 4) is 11.3 Å². The van der Waals surface area contributed by atoms with E-state index in [0.29, 0.717) is 17.9 Å². The maximum Gasteiger partial charge on any atom is 0.358 e. The molecule has 6 rings (SSSR count). The molecular weight excluding hydrogens is 506 g/mol. The zero-order valence-corrected chi connectivity index (χ0v) is 22.9. The first-order valence-electron chi connectivity index (χ1n) is 13.7. The number of hydrogen-bond acceptors (Lipinski definition) is 8. The third kappa shape index (κ3) is 5.15. The van der Waals surface area contributed by atoms with E-state index in [1.807, 2.05) is 43.6 Å². The van der Waals surface area contributed by atoms with Gasteiger partial charge in [-0.15, -0.1) is 0 Å². The Morgan fingerprint density at radius 1 is 1.05 bits per heavy atom. The van der Waals surface area contributed by atoms with Crippen LogP contribution in [0.5, 0.6) is 0 Å². The monoisotopic (exact) mass is 539 g/mol. The second-order valence-corrected chi connectivity index (χ2v) is 9.92. The van der Waals surface area contributed by atoms with Crippen LogP contribution in [0.2, 0.25) is 0 Å². The van der Waals surface area contributed by atoms with Gasteiger partial charge in [0.25, 0.3) is 0 Å². The molecule has 5 aromatic rings. The highest BCUT2D eigenvalue weighted by atomic mass is 16.5. The van der Waals surface area contributed by atoms with E-state index in [1.54, 1.807) is 11.4 Å². The number of anilines is 1. The first kappa shape index (κ1) is 26.0. The standard InChI is InChI=1S/C30H33N7O3/c1-3-40-30(38)27-19-32-29-26(34(2)20-22-8-5-4-6-9-22)18-25(33-37(27)29)24-21-36(28-23(24)10-7-11-31-28)13-12-35-14-16-39-17-15-35/h4-11,18-19,21H,3,12-17,20H2,1-2H3. The van der Waals surface area contributed by atoms with Crippen LogP contribution in [0.25, 0.3) is 27.9 Å². The number of nitrogens with zero attached hydrogens (tertiary/aromatic N) is 7. The number of imidazole rings is 1. The van der Waals surface area contributed by atoms with Gasteiger partial charge < -0.3 is 18.9 Å². The molecule has 10 nitrogen and oxygen atoms in total. The first-order valence-corrected chi connectivity index (χ1v) is 13.7. The molecule has 4 aromatic heterocycles. The van der Waals surface area contributed by atoms with Crippen molar-refractivity contribution in [1.29, 1.82) is 0 Å². The molecule has 0 radical (unpaired) electrons. The Kier molecular flexibility index (Phi) is 7.43. The third-order valence-electron chi connectivity index (χ3n) is 7.28. The molecule has 10 heteroatoms. The van der Waals surface area contributed by atoms with Gasteiger partial charge in [-0.3, -0.25) is 4.90 Å². The van der Waals surface area contributed by atoms with Crippen molar-refractivity contribution >= 4 is 28.3 Å². The van der Waals surface area contributed by atoms with Crippen molar-refractivity contribution in [3.63, 3.8) is 0 Å². The summed E-state index contributed by atoms with van der Waals surface area (Å²) in [6, 6.07) is 16.3. The molecule has 0 N–H and O–H groups in total. The topological polar surface area (TPSA) is 90.0 Å². The highest BCUT2D eigenvalue weighted by molar-refractivity contribution is 5.95. The van der Waals surface area contributed by atoms with Crippen LogP contribution in [0, 0.1) is 0 Å². The van der Waals surface area contributed by atoms with Crippen LogP contribution in [0.15, 0.2) is 67.1 Å². The summed E-state index contributed by atoms with van der Waals surface area (Å²) >= 11 is 0. The average molecular weight is 540 g/mol.